The van der Waals surface area contributed by atoms with Gasteiger partial charge in [-0.1, -0.05) is 18.2 Å². The first kappa shape index (κ1) is 21.5. The number of aromatic amines is 1. The van der Waals surface area contributed by atoms with Gasteiger partial charge in [-0.05, 0) is 48.6 Å². The maximum absolute atomic E-state index is 13.3. The Morgan fingerprint density at radius 1 is 1.06 bits per heavy atom. The van der Waals surface area contributed by atoms with Gasteiger partial charge in [-0.25, -0.2) is 21.9 Å². The fraction of sp³-hybridized carbons (Fsp3) is 0.318. The fourth-order valence-electron chi connectivity index (χ4n) is 3.93. The largest absolute Gasteiger partial charge is 0.358 e. The van der Waals surface area contributed by atoms with Gasteiger partial charge in [0.05, 0.1) is 4.90 Å². The number of halogens is 2. The second kappa shape index (κ2) is 8.76. The zero-order chi connectivity index (χ0) is 22.0. The molecule has 1 aliphatic rings. The van der Waals surface area contributed by atoms with Crippen molar-refractivity contribution < 1.29 is 22.0 Å². The van der Waals surface area contributed by atoms with Crippen LogP contribution in [0.2, 0.25) is 0 Å². The Morgan fingerprint density at radius 3 is 2.52 bits per heavy atom. The fourth-order valence-corrected chi connectivity index (χ4v) is 4.98. The quantitative estimate of drug-likeness (QED) is 0.607. The SMILES string of the molecule is O=C(CCNS(=O)(=O)c1ccc(F)c(F)c1)N1CCC(c2cc3ccccc3[nH]2)CC1. The average Bonchev–Trinajstić information content (AvgIpc) is 3.20. The summed E-state index contributed by atoms with van der Waals surface area (Å²) in [6.07, 6.45) is 1.66. The number of aromatic nitrogens is 1. The van der Waals surface area contributed by atoms with Gasteiger partial charge < -0.3 is 9.88 Å². The van der Waals surface area contributed by atoms with E-state index >= 15 is 0 Å². The van der Waals surface area contributed by atoms with Gasteiger partial charge in [0.2, 0.25) is 15.9 Å². The summed E-state index contributed by atoms with van der Waals surface area (Å²) >= 11 is 0. The van der Waals surface area contributed by atoms with Gasteiger partial charge >= 0.3 is 0 Å². The Labute approximate surface area is 179 Å². The van der Waals surface area contributed by atoms with Crippen molar-refractivity contribution in [1.82, 2.24) is 14.6 Å². The second-order valence-corrected chi connectivity index (χ2v) is 9.46. The van der Waals surface area contributed by atoms with Crippen molar-refractivity contribution in [2.45, 2.75) is 30.1 Å². The van der Waals surface area contributed by atoms with E-state index in [9.17, 15) is 22.0 Å². The van der Waals surface area contributed by atoms with Gasteiger partial charge in [-0.15, -0.1) is 0 Å². The third-order valence-corrected chi connectivity index (χ3v) is 7.13. The van der Waals surface area contributed by atoms with Crippen molar-refractivity contribution in [3.63, 3.8) is 0 Å². The van der Waals surface area contributed by atoms with Crippen molar-refractivity contribution in [1.29, 1.82) is 0 Å². The highest BCUT2D eigenvalue weighted by Gasteiger charge is 2.25. The molecule has 9 heteroatoms. The summed E-state index contributed by atoms with van der Waals surface area (Å²) in [5, 5.41) is 1.17. The number of carbonyl (C=O) groups is 1. The van der Waals surface area contributed by atoms with E-state index in [1.54, 1.807) is 4.90 Å². The molecular formula is C22H23F2N3O3S. The number of para-hydroxylation sites is 1. The Balaban J connectivity index is 1.27. The molecule has 0 spiro atoms. The maximum Gasteiger partial charge on any atom is 0.240 e. The molecule has 0 bridgehead atoms. The minimum atomic E-state index is -4.02. The third kappa shape index (κ3) is 4.77. The summed E-state index contributed by atoms with van der Waals surface area (Å²) in [5.41, 5.74) is 2.27. The Kier molecular flexibility index (Phi) is 6.06. The van der Waals surface area contributed by atoms with Gasteiger partial charge in [0.15, 0.2) is 11.6 Å². The molecule has 2 aromatic carbocycles. The average molecular weight is 448 g/mol. The van der Waals surface area contributed by atoms with Crippen LogP contribution < -0.4 is 4.72 Å². The normalized spacial score (nSPS) is 15.5. The molecule has 6 nitrogen and oxygen atoms in total. The molecule has 0 saturated carbocycles. The topological polar surface area (TPSA) is 82.3 Å². The molecule has 4 rings (SSSR count). The molecule has 0 aliphatic carbocycles. The molecule has 31 heavy (non-hydrogen) atoms. The highest BCUT2D eigenvalue weighted by Crippen LogP contribution is 2.30. The molecule has 164 valence electrons. The molecule has 1 amide bonds. The number of amides is 1. The Bertz CT molecular complexity index is 1170. The monoisotopic (exact) mass is 447 g/mol. The number of likely N-dealkylation sites (tertiary alicyclic amines) is 1. The van der Waals surface area contributed by atoms with E-state index in [-0.39, 0.29) is 23.8 Å². The van der Waals surface area contributed by atoms with E-state index in [1.165, 1.54) is 11.1 Å². The molecule has 3 aromatic rings. The minimum absolute atomic E-state index is 0.0000385. The molecule has 1 aliphatic heterocycles. The highest BCUT2D eigenvalue weighted by molar-refractivity contribution is 7.89. The molecule has 1 fully saturated rings. The van der Waals surface area contributed by atoms with E-state index in [4.69, 9.17) is 0 Å². The molecule has 2 N–H and O–H groups in total. The maximum atomic E-state index is 13.3. The van der Waals surface area contributed by atoms with Crippen molar-refractivity contribution in [3.05, 3.63) is 65.9 Å². The van der Waals surface area contributed by atoms with Crippen LogP contribution in [0.3, 0.4) is 0 Å². The van der Waals surface area contributed by atoms with Crippen molar-refractivity contribution in [3.8, 4) is 0 Å². The van der Waals surface area contributed by atoms with Crippen LogP contribution in [0.1, 0.15) is 30.9 Å². The number of sulfonamides is 1. The Morgan fingerprint density at radius 2 is 1.81 bits per heavy atom. The number of piperidine rings is 1. The van der Waals surface area contributed by atoms with E-state index in [0.717, 1.165) is 30.5 Å². The van der Waals surface area contributed by atoms with Crippen LogP contribution in [-0.2, 0) is 14.8 Å². The van der Waals surface area contributed by atoms with Crippen LogP contribution in [0.15, 0.2) is 53.4 Å². The lowest BCUT2D eigenvalue weighted by molar-refractivity contribution is -0.132. The molecule has 2 heterocycles. The van der Waals surface area contributed by atoms with E-state index in [1.807, 2.05) is 18.2 Å². The first-order valence-electron chi connectivity index (χ1n) is 10.1. The van der Waals surface area contributed by atoms with Crippen molar-refractivity contribution >= 4 is 26.8 Å². The summed E-state index contributed by atoms with van der Waals surface area (Å²) in [6, 6.07) is 12.6. The van der Waals surface area contributed by atoms with Gasteiger partial charge in [0.1, 0.15) is 0 Å². The number of hydrogen-bond acceptors (Lipinski definition) is 3. The molecule has 0 unspecified atom stereocenters. The predicted octanol–water partition coefficient (Wildman–Crippen LogP) is 3.52. The summed E-state index contributed by atoms with van der Waals surface area (Å²) in [6.45, 7) is 1.10. The third-order valence-electron chi connectivity index (χ3n) is 5.67. The second-order valence-electron chi connectivity index (χ2n) is 7.69. The summed E-state index contributed by atoms with van der Waals surface area (Å²) < 4.78 is 53.0. The molecule has 0 radical (unpaired) electrons. The van der Waals surface area contributed by atoms with Crippen LogP contribution in [-0.4, -0.2) is 43.8 Å². The highest BCUT2D eigenvalue weighted by atomic mass is 32.2. The van der Waals surface area contributed by atoms with Crippen LogP contribution >= 0.6 is 0 Å². The van der Waals surface area contributed by atoms with Gasteiger partial charge in [0, 0.05) is 43.2 Å². The number of rotatable bonds is 6. The minimum Gasteiger partial charge on any atom is -0.358 e. The lowest BCUT2D eigenvalue weighted by Crippen LogP contribution is -2.39. The van der Waals surface area contributed by atoms with Crippen LogP contribution in [0.5, 0.6) is 0 Å². The van der Waals surface area contributed by atoms with Crippen LogP contribution in [0.25, 0.3) is 10.9 Å². The number of H-pyrrole nitrogens is 1. The van der Waals surface area contributed by atoms with Gasteiger partial charge in [0.25, 0.3) is 0 Å². The molecule has 1 saturated heterocycles. The molecule has 1 aromatic heterocycles. The van der Waals surface area contributed by atoms with Crippen molar-refractivity contribution in [2.75, 3.05) is 19.6 Å². The lowest BCUT2D eigenvalue weighted by Gasteiger charge is -2.31. The number of carbonyl (C=O) groups excluding carboxylic acids is 1. The number of nitrogens with zero attached hydrogens (tertiary/aromatic N) is 1. The lowest BCUT2D eigenvalue weighted by atomic mass is 9.93. The van der Waals surface area contributed by atoms with E-state index < -0.39 is 21.7 Å². The van der Waals surface area contributed by atoms with Crippen LogP contribution in [0, 0.1) is 11.6 Å². The standard InChI is InChI=1S/C22H23F2N3O3S/c23-18-6-5-17(14-19(18)24)31(29,30)25-10-7-22(28)27-11-8-15(9-12-27)21-13-16-3-1-2-4-20(16)26-21/h1-6,13-15,25-26H,7-12H2. The smallest absolute Gasteiger partial charge is 0.240 e. The molecular weight excluding hydrogens is 424 g/mol. The summed E-state index contributed by atoms with van der Waals surface area (Å²) in [4.78, 5) is 17.3. The number of nitrogens with one attached hydrogen (secondary N) is 2. The zero-order valence-corrected chi connectivity index (χ0v) is 17.6. The van der Waals surface area contributed by atoms with E-state index in [2.05, 4.69) is 21.8 Å². The zero-order valence-electron chi connectivity index (χ0n) is 16.8. The van der Waals surface area contributed by atoms with Gasteiger partial charge in [-0.3, -0.25) is 4.79 Å². The predicted molar refractivity (Wildman–Crippen MR) is 113 cm³/mol. The molecule has 0 atom stereocenters. The van der Waals surface area contributed by atoms with Crippen LogP contribution in [0.4, 0.5) is 8.78 Å². The summed E-state index contributed by atoms with van der Waals surface area (Å²) in [7, 11) is -4.02. The number of benzene rings is 2. The Hall–Kier alpha value is -2.78. The number of hydrogen-bond donors (Lipinski definition) is 2. The summed E-state index contributed by atoms with van der Waals surface area (Å²) in [5.74, 6) is -2.15. The first-order valence-corrected chi connectivity index (χ1v) is 11.6. The number of fused-ring (bicyclic) bond motifs is 1. The van der Waals surface area contributed by atoms with Crippen molar-refractivity contribution in [2.24, 2.45) is 0 Å². The first-order chi connectivity index (χ1) is 14.8. The van der Waals surface area contributed by atoms with E-state index in [0.29, 0.717) is 25.1 Å². The van der Waals surface area contributed by atoms with Gasteiger partial charge in [-0.2, -0.15) is 0 Å².